The fraction of sp³-hybridized carbons (Fsp3) is 0.556. The third-order valence-corrected chi connectivity index (χ3v) is 2.72. The maximum Gasteiger partial charge on any atom is 0.259 e. The Hall–Kier alpha value is -1.76. The molecule has 84 valence electrons. The van der Waals surface area contributed by atoms with Gasteiger partial charge in [0, 0.05) is 6.61 Å². The Morgan fingerprint density at radius 3 is 3.12 bits per heavy atom. The maximum absolute atomic E-state index is 5.61. The summed E-state index contributed by atoms with van der Waals surface area (Å²) in [6.07, 6.45) is 3.31. The smallest absolute Gasteiger partial charge is 0.259 e. The Bertz CT molecular complexity index is 472. The number of hydrogen-bond donors (Lipinski definition) is 1. The van der Waals surface area contributed by atoms with Gasteiger partial charge in [-0.25, -0.2) is 4.98 Å². The minimum Gasteiger partial charge on any atom is -0.365 e. The van der Waals surface area contributed by atoms with Crippen LogP contribution in [0.1, 0.15) is 25.7 Å². The van der Waals surface area contributed by atoms with Crippen molar-refractivity contribution in [2.75, 3.05) is 6.61 Å². The lowest BCUT2D eigenvalue weighted by Gasteiger charge is -2.16. The molecule has 0 aliphatic carbocycles. The summed E-state index contributed by atoms with van der Waals surface area (Å²) in [5.74, 6) is 1.40. The average Bonchev–Trinajstić information content (AvgIpc) is 2.98. The molecule has 0 amide bonds. The first-order valence-corrected chi connectivity index (χ1v) is 5.12. The molecule has 3 rings (SSSR count). The Labute approximate surface area is 91.2 Å². The molecule has 7 heteroatoms. The van der Waals surface area contributed by atoms with Crippen molar-refractivity contribution in [2.24, 2.45) is 0 Å². The van der Waals surface area contributed by atoms with Crippen LogP contribution in [-0.2, 0) is 10.3 Å². The van der Waals surface area contributed by atoms with Crippen molar-refractivity contribution >= 4 is 0 Å². The molecule has 2 aromatic rings. The van der Waals surface area contributed by atoms with Gasteiger partial charge in [-0.2, -0.15) is 10.1 Å². The molecule has 7 nitrogen and oxygen atoms in total. The van der Waals surface area contributed by atoms with Crippen LogP contribution in [0.4, 0.5) is 0 Å². The quantitative estimate of drug-likeness (QED) is 0.809. The molecular weight excluding hydrogens is 210 g/mol. The van der Waals surface area contributed by atoms with Crippen LogP contribution in [0, 0.1) is 0 Å². The van der Waals surface area contributed by atoms with Gasteiger partial charge >= 0.3 is 0 Å². The molecule has 0 saturated carbocycles. The summed E-state index contributed by atoms with van der Waals surface area (Å²) in [5, 5.41) is 10.3. The Morgan fingerprint density at radius 2 is 2.44 bits per heavy atom. The summed E-state index contributed by atoms with van der Waals surface area (Å²) in [4.78, 5) is 8.23. The predicted octanol–water partition coefficient (Wildman–Crippen LogP) is 0.880. The van der Waals surface area contributed by atoms with E-state index in [1.807, 2.05) is 6.92 Å². The van der Waals surface area contributed by atoms with Crippen molar-refractivity contribution in [3.8, 4) is 11.6 Å². The van der Waals surface area contributed by atoms with Gasteiger partial charge in [0.25, 0.3) is 5.89 Å². The van der Waals surface area contributed by atoms with E-state index in [-0.39, 0.29) is 0 Å². The minimum atomic E-state index is -0.453. The van der Waals surface area contributed by atoms with E-state index in [0.717, 1.165) is 19.4 Å². The lowest BCUT2D eigenvalue weighted by atomic mass is 10.0. The number of nitrogens with one attached hydrogen (secondary N) is 1. The SMILES string of the molecule is CC1(c2nc(-c3ncn[nH]3)no2)CCCO1. The Kier molecular flexibility index (Phi) is 2.00. The van der Waals surface area contributed by atoms with Crippen LogP contribution in [0.15, 0.2) is 10.9 Å². The zero-order valence-corrected chi connectivity index (χ0v) is 8.80. The van der Waals surface area contributed by atoms with E-state index in [0.29, 0.717) is 17.5 Å². The molecule has 1 saturated heterocycles. The van der Waals surface area contributed by atoms with Gasteiger partial charge in [0.05, 0.1) is 0 Å². The number of hydrogen-bond acceptors (Lipinski definition) is 6. The number of H-pyrrole nitrogens is 1. The van der Waals surface area contributed by atoms with E-state index in [1.54, 1.807) is 0 Å². The molecule has 0 radical (unpaired) electrons. The molecule has 1 aliphatic heterocycles. The lowest BCUT2D eigenvalue weighted by Crippen LogP contribution is -2.20. The predicted molar refractivity (Wildman–Crippen MR) is 52.2 cm³/mol. The summed E-state index contributed by atoms with van der Waals surface area (Å²) in [6.45, 7) is 2.69. The molecule has 0 bridgehead atoms. The van der Waals surface area contributed by atoms with E-state index in [4.69, 9.17) is 9.26 Å². The first-order valence-electron chi connectivity index (χ1n) is 5.12. The van der Waals surface area contributed by atoms with Crippen LogP contribution in [0.2, 0.25) is 0 Å². The largest absolute Gasteiger partial charge is 0.365 e. The fourth-order valence-electron chi connectivity index (χ4n) is 1.80. The second kappa shape index (κ2) is 3.38. The second-order valence-electron chi connectivity index (χ2n) is 3.94. The molecule has 16 heavy (non-hydrogen) atoms. The van der Waals surface area contributed by atoms with E-state index in [1.165, 1.54) is 6.33 Å². The first-order chi connectivity index (χ1) is 7.78. The fourth-order valence-corrected chi connectivity index (χ4v) is 1.80. The summed E-state index contributed by atoms with van der Waals surface area (Å²) >= 11 is 0. The standard InChI is InChI=1S/C9H11N5O2/c1-9(3-2-4-15-9)8-12-7(14-16-8)6-10-5-11-13-6/h5H,2-4H2,1H3,(H,10,11,13). The zero-order valence-electron chi connectivity index (χ0n) is 8.80. The second-order valence-corrected chi connectivity index (χ2v) is 3.94. The van der Waals surface area contributed by atoms with Crippen molar-refractivity contribution in [3.63, 3.8) is 0 Å². The van der Waals surface area contributed by atoms with Gasteiger partial charge in [-0.1, -0.05) is 5.16 Å². The van der Waals surface area contributed by atoms with Crippen molar-refractivity contribution in [3.05, 3.63) is 12.2 Å². The van der Waals surface area contributed by atoms with Gasteiger partial charge in [-0.15, -0.1) is 0 Å². The van der Waals surface area contributed by atoms with Crippen LogP contribution >= 0.6 is 0 Å². The summed E-state index contributed by atoms with van der Waals surface area (Å²) in [5.41, 5.74) is -0.453. The zero-order chi connectivity index (χ0) is 11.0. The minimum absolute atomic E-state index is 0.407. The number of aromatic nitrogens is 5. The van der Waals surface area contributed by atoms with Crippen LogP contribution in [0.25, 0.3) is 11.6 Å². The van der Waals surface area contributed by atoms with Crippen LogP contribution < -0.4 is 0 Å². The monoisotopic (exact) mass is 221 g/mol. The number of nitrogens with zero attached hydrogens (tertiary/aromatic N) is 4. The average molecular weight is 221 g/mol. The van der Waals surface area contributed by atoms with E-state index in [2.05, 4.69) is 25.3 Å². The summed E-state index contributed by atoms with van der Waals surface area (Å²) in [6, 6.07) is 0. The van der Waals surface area contributed by atoms with Gasteiger partial charge in [0.15, 0.2) is 5.82 Å². The first kappa shape index (κ1) is 9.46. The van der Waals surface area contributed by atoms with E-state index in [9.17, 15) is 0 Å². The normalized spacial score (nSPS) is 25.1. The molecule has 1 N–H and O–H groups in total. The van der Waals surface area contributed by atoms with Gasteiger partial charge in [0.1, 0.15) is 11.9 Å². The topological polar surface area (TPSA) is 89.7 Å². The van der Waals surface area contributed by atoms with Crippen LogP contribution in [0.5, 0.6) is 0 Å². The van der Waals surface area contributed by atoms with Crippen LogP contribution in [-0.4, -0.2) is 31.9 Å². The van der Waals surface area contributed by atoms with Gasteiger partial charge in [0.2, 0.25) is 5.82 Å². The number of rotatable bonds is 2. The highest BCUT2D eigenvalue weighted by atomic mass is 16.5. The van der Waals surface area contributed by atoms with Crippen molar-refractivity contribution in [1.29, 1.82) is 0 Å². The molecule has 1 unspecified atom stereocenters. The summed E-state index contributed by atoms with van der Waals surface area (Å²) in [7, 11) is 0. The van der Waals surface area contributed by atoms with Gasteiger partial charge in [-0.05, 0) is 19.8 Å². The van der Waals surface area contributed by atoms with Crippen molar-refractivity contribution < 1.29 is 9.26 Å². The van der Waals surface area contributed by atoms with Crippen LogP contribution in [0.3, 0.4) is 0 Å². The molecule has 1 fully saturated rings. The van der Waals surface area contributed by atoms with Crippen molar-refractivity contribution in [1.82, 2.24) is 25.3 Å². The Balaban J connectivity index is 1.93. The van der Waals surface area contributed by atoms with E-state index >= 15 is 0 Å². The number of ether oxygens (including phenoxy) is 1. The molecule has 0 spiro atoms. The van der Waals surface area contributed by atoms with Gasteiger partial charge < -0.3 is 9.26 Å². The van der Waals surface area contributed by atoms with Gasteiger partial charge in [-0.3, -0.25) is 5.10 Å². The lowest BCUT2D eigenvalue weighted by molar-refractivity contribution is -0.00937. The molecule has 1 atom stereocenters. The van der Waals surface area contributed by atoms with Crippen molar-refractivity contribution in [2.45, 2.75) is 25.4 Å². The highest BCUT2D eigenvalue weighted by molar-refractivity contribution is 5.39. The third kappa shape index (κ3) is 1.40. The summed E-state index contributed by atoms with van der Waals surface area (Å²) < 4.78 is 10.8. The van der Waals surface area contributed by atoms with E-state index < -0.39 is 5.60 Å². The number of aromatic amines is 1. The molecular formula is C9H11N5O2. The molecule has 3 heterocycles. The Morgan fingerprint density at radius 1 is 1.50 bits per heavy atom. The molecule has 0 aromatic carbocycles. The molecule has 1 aliphatic rings. The third-order valence-electron chi connectivity index (χ3n) is 2.72. The maximum atomic E-state index is 5.61. The molecule has 2 aromatic heterocycles. The highest BCUT2D eigenvalue weighted by Crippen LogP contribution is 2.34. The highest BCUT2D eigenvalue weighted by Gasteiger charge is 2.37.